The molecule has 1 aromatic rings. The number of hydrogen-bond acceptors (Lipinski definition) is 7. The van der Waals surface area contributed by atoms with Crippen molar-refractivity contribution in [1.29, 1.82) is 0 Å². The highest BCUT2D eigenvalue weighted by molar-refractivity contribution is 5.99. The first-order valence-electron chi connectivity index (χ1n) is 12.1. The predicted molar refractivity (Wildman–Crippen MR) is 132 cm³/mol. The summed E-state index contributed by atoms with van der Waals surface area (Å²) >= 11 is 0. The van der Waals surface area contributed by atoms with Gasteiger partial charge in [0, 0.05) is 50.4 Å². The number of nitrogens with zero attached hydrogens (tertiary/aromatic N) is 2. The molecule has 0 aliphatic carbocycles. The molecular formula is C25H37N5O4. The fourth-order valence-electron chi connectivity index (χ4n) is 4.38. The number of fused-ring (bicyclic) bond motifs is 1. The molecule has 2 aliphatic heterocycles. The lowest BCUT2D eigenvalue weighted by Gasteiger charge is -2.22. The maximum atomic E-state index is 12.4. The molecule has 0 radical (unpaired) electrons. The van der Waals surface area contributed by atoms with Gasteiger partial charge in [0.05, 0.1) is 19.7 Å². The zero-order valence-electron chi connectivity index (χ0n) is 20.0. The Morgan fingerprint density at radius 1 is 1.29 bits per heavy atom. The minimum atomic E-state index is -0.0473. The molecule has 0 aromatic heterocycles. The summed E-state index contributed by atoms with van der Waals surface area (Å²) in [6.45, 7) is 2.26. The van der Waals surface area contributed by atoms with Crippen LogP contribution in [0.1, 0.15) is 56.1 Å². The average molecular weight is 472 g/mol. The van der Waals surface area contributed by atoms with Crippen LogP contribution in [0.4, 0.5) is 0 Å². The van der Waals surface area contributed by atoms with E-state index in [2.05, 4.69) is 20.5 Å². The smallest absolute Gasteiger partial charge is 0.188 e. The van der Waals surface area contributed by atoms with Gasteiger partial charge in [-0.15, -0.1) is 0 Å². The second-order valence-corrected chi connectivity index (χ2v) is 8.88. The number of nitrogens with one attached hydrogen (secondary N) is 2. The number of benzene rings is 1. The van der Waals surface area contributed by atoms with Crippen LogP contribution in [0.25, 0.3) is 0 Å². The van der Waals surface area contributed by atoms with Crippen LogP contribution in [0.15, 0.2) is 29.5 Å². The van der Waals surface area contributed by atoms with E-state index in [1.165, 1.54) is 0 Å². The Labute approximate surface area is 201 Å². The molecule has 1 aromatic carbocycles. The Bertz CT molecular complexity index is 915. The van der Waals surface area contributed by atoms with Crippen LogP contribution in [-0.2, 0) is 22.4 Å². The highest BCUT2D eigenvalue weighted by atomic mass is 16.5. The maximum absolute atomic E-state index is 12.4. The summed E-state index contributed by atoms with van der Waals surface area (Å²) in [7, 11) is 1.64. The number of carbonyl (C=O) groups excluding carboxylic acids is 2. The lowest BCUT2D eigenvalue weighted by atomic mass is 9.94. The van der Waals surface area contributed by atoms with Gasteiger partial charge in [0.1, 0.15) is 11.6 Å². The minimum Gasteiger partial charge on any atom is -0.504 e. The van der Waals surface area contributed by atoms with E-state index in [0.717, 1.165) is 50.0 Å². The van der Waals surface area contributed by atoms with E-state index in [1.54, 1.807) is 13.1 Å². The van der Waals surface area contributed by atoms with E-state index in [1.807, 2.05) is 18.5 Å². The fraction of sp³-hybridized carbons (Fsp3) is 0.560. The van der Waals surface area contributed by atoms with Crippen LogP contribution >= 0.6 is 0 Å². The number of ether oxygens (including phenoxy) is 1. The first kappa shape index (κ1) is 25.4. The molecule has 0 amide bonds. The Morgan fingerprint density at radius 2 is 2.12 bits per heavy atom. The number of rotatable bonds is 13. The number of phenolic OH excluding ortho intramolecular Hbond substituents is 1. The molecule has 1 atom stereocenters. The number of nitrogens with two attached hydrogens (primary N) is 1. The lowest BCUT2D eigenvalue weighted by molar-refractivity contribution is -0.127. The van der Waals surface area contributed by atoms with Gasteiger partial charge in [-0.25, -0.2) is 0 Å². The number of aliphatic imine (C=N–C) groups is 1. The topological polar surface area (TPSA) is 129 Å². The third kappa shape index (κ3) is 7.67. The quantitative estimate of drug-likeness (QED) is 0.195. The van der Waals surface area contributed by atoms with Crippen molar-refractivity contribution in [3.8, 4) is 11.5 Å². The number of Topliss-reactive ketones (excluding diaryl/α,β-unsaturated/α-hetero) is 2. The van der Waals surface area contributed by atoms with Gasteiger partial charge in [0.15, 0.2) is 17.5 Å². The van der Waals surface area contributed by atoms with E-state index in [-0.39, 0.29) is 29.8 Å². The van der Waals surface area contributed by atoms with Gasteiger partial charge in [0.25, 0.3) is 0 Å². The summed E-state index contributed by atoms with van der Waals surface area (Å²) in [5, 5.41) is 16.4. The summed E-state index contributed by atoms with van der Waals surface area (Å²) in [5.74, 6) is 1.01. The molecule has 9 nitrogen and oxygen atoms in total. The summed E-state index contributed by atoms with van der Waals surface area (Å²) in [6, 6.07) is 3.58. The number of aromatic hydroxyl groups is 1. The molecule has 5 N–H and O–H groups in total. The summed E-state index contributed by atoms with van der Waals surface area (Å²) in [5.41, 5.74) is 7.85. The van der Waals surface area contributed by atoms with E-state index >= 15 is 0 Å². The number of guanidine groups is 1. The summed E-state index contributed by atoms with van der Waals surface area (Å²) < 4.78 is 5.59. The van der Waals surface area contributed by atoms with Crippen molar-refractivity contribution in [2.75, 3.05) is 26.9 Å². The molecule has 186 valence electrons. The number of hydrogen-bond donors (Lipinski definition) is 4. The van der Waals surface area contributed by atoms with Crippen LogP contribution in [-0.4, -0.2) is 60.4 Å². The average Bonchev–Trinajstić information content (AvgIpc) is 3.36. The van der Waals surface area contributed by atoms with Crippen molar-refractivity contribution in [2.45, 2.75) is 63.8 Å². The normalized spacial score (nSPS) is 15.9. The van der Waals surface area contributed by atoms with Crippen LogP contribution in [0, 0.1) is 0 Å². The van der Waals surface area contributed by atoms with Crippen LogP contribution in [0.5, 0.6) is 11.5 Å². The molecule has 0 saturated heterocycles. The van der Waals surface area contributed by atoms with Gasteiger partial charge in [-0.05, 0) is 50.2 Å². The van der Waals surface area contributed by atoms with Crippen molar-refractivity contribution in [3.63, 3.8) is 0 Å². The Kier molecular flexibility index (Phi) is 9.61. The molecule has 0 spiro atoms. The molecule has 34 heavy (non-hydrogen) atoms. The third-order valence-electron chi connectivity index (χ3n) is 6.29. The van der Waals surface area contributed by atoms with Gasteiger partial charge in [-0.1, -0.05) is 6.07 Å². The zero-order chi connectivity index (χ0) is 24.3. The standard InChI is InChI=1S/C25H37N5O4/c1-27-25(26)29-19(11-13-30-14-12-28-17-30)4-2-5-20(31)16-21(32)9-7-18-8-10-23(33)24-22(18)6-3-15-34-24/h8,10,12,14,19,28,33H,2-7,9,11,13,15-17H2,1H3,(H3,26,27,29). The van der Waals surface area contributed by atoms with Crippen molar-refractivity contribution in [1.82, 2.24) is 15.5 Å². The van der Waals surface area contributed by atoms with Gasteiger partial charge >= 0.3 is 0 Å². The summed E-state index contributed by atoms with van der Waals surface area (Å²) in [4.78, 5) is 31.0. The number of ketones is 2. The maximum Gasteiger partial charge on any atom is 0.188 e. The fourth-order valence-corrected chi connectivity index (χ4v) is 4.38. The Morgan fingerprint density at radius 3 is 2.88 bits per heavy atom. The van der Waals surface area contributed by atoms with Gasteiger partial charge in [-0.3, -0.25) is 14.6 Å². The second kappa shape index (κ2) is 12.9. The Balaban J connectivity index is 1.40. The zero-order valence-corrected chi connectivity index (χ0v) is 20.0. The third-order valence-corrected chi connectivity index (χ3v) is 6.29. The first-order valence-corrected chi connectivity index (χ1v) is 12.1. The van der Waals surface area contributed by atoms with Crippen molar-refractivity contribution < 1.29 is 19.4 Å². The van der Waals surface area contributed by atoms with Crippen LogP contribution in [0.2, 0.25) is 0 Å². The monoisotopic (exact) mass is 471 g/mol. The number of phenols is 1. The van der Waals surface area contributed by atoms with Gasteiger partial charge in [0.2, 0.25) is 0 Å². The Hall–Kier alpha value is -3.23. The van der Waals surface area contributed by atoms with Crippen molar-refractivity contribution in [3.05, 3.63) is 35.7 Å². The molecule has 2 aliphatic rings. The number of aryl methyl sites for hydroxylation is 1. The van der Waals surface area contributed by atoms with Gasteiger partial charge in [-0.2, -0.15) is 0 Å². The first-order chi connectivity index (χ1) is 16.5. The molecular weight excluding hydrogens is 434 g/mol. The second-order valence-electron chi connectivity index (χ2n) is 8.88. The highest BCUT2D eigenvalue weighted by Gasteiger charge is 2.19. The number of carbonyl (C=O) groups is 2. The SMILES string of the molecule is CN=C(N)NC(CCCC(=O)CC(=O)CCc1ccc(O)c2c1CCCO2)CCN1C=CNC1. The van der Waals surface area contributed by atoms with E-state index in [0.29, 0.717) is 44.0 Å². The largest absolute Gasteiger partial charge is 0.504 e. The molecule has 9 heteroatoms. The molecule has 0 saturated carbocycles. The molecule has 3 rings (SSSR count). The lowest BCUT2D eigenvalue weighted by Crippen LogP contribution is -2.41. The van der Waals surface area contributed by atoms with Crippen LogP contribution in [0.3, 0.4) is 0 Å². The molecule has 1 unspecified atom stereocenters. The molecule has 0 bridgehead atoms. The molecule has 2 heterocycles. The van der Waals surface area contributed by atoms with Gasteiger partial charge < -0.3 is 31.1 Å². The molecule has 0 fully saturated rings. The van der Waals surface area contributed by atoms with Crippen molar-refractivity contribution >= 4 is 17.5 Å². The predicted octanol–water partition coefficient (Wildman–Crippen LogP) is 1.98. The van der Waals surface area contributed by atoms with E-state index in [4.69, 9.17) is 10.5 Å². The highest BCUT2D eigenvalue weighted by Crippen LogP contribution is 2.36. The van der Waals surface area contributed by atoms with Crippen LogP contribution < -0.4 is 21.1 Å². The van der Waals surface area contributed by atoms with E-state index in [9.17, 15) is 14.7 Å². The summed E-state index contributed by atoms with van der Waals surface area (Å²) in [6.07, 6.45) is 9.22. The van der Waals surface area contributed by atoms with E-state index < -0.39 is 0 Å². The minimum absolute atomic E-state index is 0.0244. The van der Waals surface area contributed by atoms with Crippen molar-refractivity contribution in [2.24, 2.45) is 10.7 Å².